The molecule has 4 rings (SSSR count). The molecule has 2 aromatic rings. The lowest BCUT2D eigenvalue weighted by molar-refractivity contribution is 0.0216. The number of hydrogen-bond donors (Lipinski definition) is 1. The van der Waals surface area contributed by atoms with Gasteiger partial charge in [0.1, 0.15) is 0 Å². The smallest absolute Gasteiger partial charge is 0.256 e. The van der Waals surface area contributed by atoms with E-state index >= 15 is 0 Å². The molecule has 6 nitrogen and oxygen atoms in total. The van der Waals surface area contributed by atoms with Crippen molar-refractivity contribution < 1.29 is 9.18 Å². The van der Waals surface area contributed by atoms with Gasteiger partial charge < -0.3 is 10.2 Å². The number of aromatic nitrogens is 3. The Morgan fingerprint density at radius 3 is 2.60 bits per heavy atom. The van der Waals surface area contributed by atoms with Crippen molar-refractivity contribution in [1.29, 1.82) is 0 Å². The molecule has 0 unspecified atom stereocenters. The average molecular weight is 341 g/mol. The maximum absolute atomic E-state index is 13.8. The summed E-state index contributed by atoms with van der Waals surface area (Å²) in [6, 6.07) is 3.64. The lowest BCUT2D eigenvalue weighted by Crippen LogP contribution is -2.52. The number of halogens is 1. The topological polar surface area (TPSA) is 71.0 Å². The van der Waals surface area contributed by atoms with Gasteiger partial charge in [-0.3, -0.25) is 9.78 Å². The number of piperidine rings is 1. The van der Waals surface area contributed by atoms with Crippen molar-refractivity contribution in [2.45, 2.75) is 31.7 Å². The first-order valence-corrected chi connectivity index (χ1v) is 8.58. The number of nitrogens with zero attached hydrogens (tertiary/aromatic N) is 4. The second-order valence-corrected chi connectivity index (χ2v) is 6.97. The van der Waals surface area contributed by atoms with Gasteiger partial charge in [-0.05, 0) is 43.2 Å². The Morgan fingerprint density at radius 1 is 1.20 bits per heavy atom. The zero-order valence-electron chi connectivity index (χ0n) is 13.9. The Hall–Kier alpha value is -2.57. The van der Waals surface area contributed by atoms with Gasteiger partial charge in [0.2, 0.25) is 5.95 Å². The van der Waals surface area contributed by atoms with Crippen molar-refractivity contribution in [2.24, 2.45) is 5.41 Å². The van der Waals surface area contributed by atoms with E-state index in [4.69, 9.17) is 0 Å². The van der Waals surface area contributed by atoms with Crippen LogP contribution in [0.2, 0.25) is 0 Å². The molecule has 1 aliphatic heterocycles. The SMILES string of the molecule is O=C(c1ccncc1F)N1CCC2(CC1)CC(Nc1ncccn1)C2. The third-order valence-corrected chi connectivity index (χ3v) is 5.37. The zero-order chi connectivity index (χ0) is 17.3. The Kier molecular flexibility index (Phi) is 4.07. The molecule has 25 heavy (non-hydrogen) atoms. The van der Waals surface area contributed by atoms with Gasteiger partial charge >= 0.3 is 0 Å². The fourth-order valence-corrected chi connectivity index (χ4v) is 3.96. The van der Waals surface area contributed by atoms with Gasteiger partial charge in [-0.2, -0.15) is 0 Å². The fraction of sp³-hybridized carbons (Fsp3) is 0.444. The Balaban J connectivity index is 1.31. The number of amides is 1. The number of carbonyl (C=O) groups is 1. The number of likely N-dealkylation sites (tertiary alicyclic amines) is 1. The molecule has 2 aromatic heterocycles. The standard InChI is InChI=1S/C18H20FN5O/c19-15-12-20-7-2-14(15)16(25)24-8-3-18(4-9-24)10-13(11-18)23-17-21-5-1-6-22-17/h1-2,5-7,12-13H,3-4,8-11H2,(H,21,22,23). The predicted octanol–water partition coefficient (Wildman–Crippen LogP) is 2.51. The van der Waals surface area contributed by atoms with Crippen molar-refractivity contribution in [3.05, 3.63) is 48.3 Å². The third-order valence-electron chi connectivity index (χ3n) is 5.37. The van der Waals surface area contributed by atoms with Crippen LogP contribution in [-0.4, -0.2) is 44.9 Å². The van der Waals surface area contributed by atoms with Crippen LogP contribution in [0.3, 0.4) is 0 Å². The molecular weight excluding hydrogens is 321 g/mol. The summed E-state index contributed by atoms with van der Waals surface area (Å²) in [5, 5.41) is 3.36. The molecule has 0 atom stereocenters. The first kappa shape index (κ1) is 15.9. The molecule has 1 spiro atoms. The molecule has 0 aromatic carbocycles. The van der Waals surface area contributed by atoms with E-state index in [-0.39, 0.29) is 11.5 Å². The van der Waals surface area contributed by atoms with Crippen LogP contribution in [0.4, 0.5) is 10.3 Å². The molecule has 1 saturated carbocycles. The molecule has 0 radical (unpaired) electrons. The maximum Gasteiger partial charge on any atom is 0.256 e. The van der Waals surface area contributed by atoms with Crippen molar-refractivity contribution in [2.75, 3.05) is 18.4 Å². The summed E-state index contributed by atoms with van der Waals surface area (Å²) in [4.78, 5) is 26.3. The Morgan fingerprint density at radius 2 is 1.92 bits per heavy atom. The van der Waals surface area contributed by atoms with E-state index in [0.29, 0.717) is 30.5 Å². The molecule has 2 fully saturated rings. The number of anilines is 1. The minimum Gasteiger partial charge on any atom is -0.351 e. The Bertz CT molecular complexity index is 753. The number of nitrogens with one attached hydrogen (secondary N) is 1. The molecule has 7 heteroatoms. The van der Waals surface area contributed by atoms with E-state index in [2.05, 4.69) is 20.3 Å². The molecular formula is C18H20FN5O. The summed E-state index contributed by atoms with van der Waals surface area (Å²) in [6.07, 6.45) is 10.0. The van der Waals surface area contributed by atoms with E-state index in [1.54, 1.807) is 23.4 Å². The van der Waals surface area contributed by atoms with Gasteiger partial charge in [0, 0.05) is 37.7 Å². The predicted molar refractivity (Wildman–Crippen MR) is 90.4 cm³/mol. The minimum atomic E-state index is -0.552. The third kappa shape index (κ3) is 3.18. The highest BCUT2D eigenvalue weighted by Crippen LogP contribution is 2.49. The van der Waals surface area contributed by atoms with Gasteiger partial charge in [0.25, 0.3) is 5.91 Å². The minimum absolute atomic E-state index is 0.111. The van der Waals surface area contributed by atoms with Crippen molar-refractivity contribution in [3.8, 4) is 0 Å². The molecule has 1 N–H and O–H groups in total. The van der Waals surface area contributed by atoms with Crippen LogP contribution in [-0.2, 0) is 0 Å². The molecule has 1 saturated heterocycles. The van der Waals surface area contributed by atoms with Crippen molar-refractivity contribution >= 4 is 11.9 Å². The van der Waals surface area contributed by atoms with Crippen molar-refractivity contribution in [1.82, 2.24) is 19.9 Å². The van der Waals surface area contributed by atoms with E-state index in [1.165, 1.54) is 12.3 Å². The summed E-state index contributed by atoms with van der Waals surface area (Å²) in [5.74, 6) is -0.117. The Labute approximate surface area is 145 Å². The average Bonchev–Trinajstić information content (AvgIpc) is 2.62. The van der Waals surface area contributed by atoms with Gasteiger partial charge in [-0.25, -0.2) is 14.4 Å². The van der Waals surface area contributed by atoms with E-state index in [1.807, 2.05) is 0 Å². The van der Waals surface area contributed by atoms with E-state index in [9.17, 15) is 9.18 Å². The molecule has 0 bridgehead atoms. The molecule has 1 amide bonds. The monoisotopic (exact) mass is 341 g/mol. The first-order chi connectivity index (χ1) is 12.2. The second kappa shape index (κ2) is 6.38. The van der Waals surface area contributed by atoms with Crippen molar-refractivity contribution in [3.63, 3.8) is 0 Å². The second-order valence-electron chi connectivity index (χ2n) is 6.97. The lowest BCUT2D eigenvalue weighted by atomic mass is 9.60. The molecule has 130 valence electrons. The maximum atomic E-state index is 13.8. The molecule has 3 heterocycles. The van der Waals surface area contributed by atoms with Crippen LogP contribution in [0.5, 0.6) is 0 Å². The van der Waals surface area contributed by atoms with Crippen LogP contribution in [0.25, 0.3) is 0 Å². The lowest BCUT2D eigenvalue weighted by Gasteiger charge is -2.52. The summed E-state index contributed by atoms with van der Waals surface area (Å²) >= 11 is 0. The van der Waals surface area contributed by atoms with Crippen LogP contribution < -0.4 is 5.32 Å². The van der Waals surface area contributed by atoms with Gasteiger partial charge in [-0.15, -0.1) is 0 Å². The van der Waals surface area contributed by atoms with Gasteiger partial charge in [0.05, 0.1) is 11.8 Å². The van der Waals surface area contributed by atoms with Crippen LogP contribution in [0, 0.1) is 11.2 Å². The summed E-state index contributed by atoms with van der Waals surface area (Å²) < 4.78 is 13.8. The van der Waals surface area contributed by atoms with E-state index < -0.39 is 5.82 Å². The number of rotatable bonds is 3. The largest absolute Gasteiger partial charge is 0.351 e. The highest BCUT2D eigenvalue weighted by molar-refractivity contribution is 5.94. The van der Waals surface area contributed by atoms with Gasteiger partial charge in [0.15, 0.2) is 5.82 Å². The summed E-state index contributed by atoms with van der Waals surface area (Å²) in [7, 11) is 0. The molecule has 2 aliphatic rings. The highest BCUT2D eigenvalue weighted by Gasteiger charge is 2.46. The first-order valence-electron chi connectivity index (χ1n) is 8.58. The number of hydrogen-bond acceptors (Lipinski definition) is 5. The van der Waals surface area contributed by atoms with Crippen LogP contribution >= 0.6 is 0 Å². The zero-order valence-corrected chi connectivity index (χ0v) is 13.9. The quantitative estimate of drug-likeness (QED) is 0.929. The van der Waals surface area contributed by atoms with Crippen LogP contribution in [0.1, 0.15) is 36.0 Å². The molecule has 1 aliphatic carbocycles. The summed E-state index contributed by atoms with van der Waals surface area (Å²) in [6.45, 7) is 1.35. The van der Waals surface area contributed by atoms with Gasteiger partial charge in [-0.1, -0.05) is 0 Å². The number of pyridine rings is 1. The normalized spacial score (nSPS) is 19.5. The van der Waals surface area contributed by atoms with E-state index in [0.717, 1.165) is 31.9 Å². The van der Waals surface area contributed by atoms with Crippen LogP contribution in [0.15, 0.2) is 36.9 Å². The fourth-order valence-electron chi connectivity index (χ4n) is 3.96. The number of carbonyl (C=O) groups excluding carboxylic acids is 1. The summed E-state index contributed by atoms with van der Waals surface area (Å²) in [5.41, 5.74) is 0.403. The highest BCUT2D eigenvalue weighted by atomic mass is 19.1.